The van der Waals surface area contributed by atoms with E-state index in [0.717, 1.165) is 6.42 Å². The van der Waals surface area contributed by atoms with Crippen molar-refractivity contribution in [2.75, 3.05) is 0 Å². The van der Waals surface area contributed by atoms with Gasteiger partial charge in [0.25, 0.3) is 0 Å². The van der Waals surface area contributed by atoms with Gasteiger partial charge in [0.2, 0.25) is 0 Å². The molecule has 0 saturated carbocycles. The van der Waals surface area contributed by atoms with Crippen LogP contribution in [-0.4, -0.2) is 6.04 Å². The molecule has 0 aliphatic heterocycles. The van der Waals surface area contributed by atoms with Gasteiger partial charge in [0, 0.05) is 6.04 Å². The number of hydrogen-bond donors (Lipinski definition) is 1. The number of rotatable bonds is 1. The van der Waals surface area contributed by atoms with Gasteiger partial charge in [-0.05, 0) is 31.4 Å². The quantitative estimate of drug-likeness (QED) is 0.739. The highest BCUT2D eigenvalue weighted by atomic mass is 14.6. The zero-order valence-corrected chi connectivity index (χ0v) is 9.33. The van der Waals surface area contributed by atoms with Crippen molar-refractivity contribution in [2.24, 2.45) is 5.73 Å². The van der Waals surface area contributed by atoms with E-state index in [9.17, 15) is 0 Å². The molecular formula is C14H17N. The summed E-state index contributed by atoms with van der Waals surface area (Å²) in [5, 5.41) is 0. The van der Waals surface area contributed by atoms with Crippen LogP contribution in [0.15, 0.2) is 36.4 Å². The van der Waals surface area contributed by atoms with Crippen molar-refractivity contribution in [3.8, 4) is 0 Å². The van der Waals surface area contributed by atoms with Crippen molar-refractivity contribution in [1.29, 1.82) is 0 Å². The number of allylic oxidation sites excluding steroid dienone is 2. The standard InChI is InChI=1S/C14H17N/c1-10-7-11(2)9-12(8-10)13-5-3-4-6-14(13)15/h3-5,7-9,14H,6,15H2,1-2H3. The molecule has 0 bridgehead atoms. The third-order valence-corrected chi connectivity index (χ3v) is 2.76. The average Bonchev–Trinajstić information content (AvgIpc) is 2.16. The minimum absolute atomic E-state index is 0.149. The summed E-state index contributed by atoms with van der Waals surface area (Å²) in [6.07, 6.45) is 7.29. The van der Waals surface area contributed by atoms with Gasteiger partial charge in [-0.15, -0.1) is 0 Å². The molecule has 0 fully saturated rings. The van der Waals surface area contributed by atoms with Crippen LogP contribution in [0.1, 0.15) is 23.1 Å². The fourth-order valence-electron chi connectivity index (χ4n) is 2.10. The lowest BCUT2D eigenvalue weighted by Crippen LogP contribution is -2.22. The first-order valence-electron chi connectivity index (χ1n) is 5.38. The molecule has 2 N–H and O–H groups in total. The van der Waals surface area contributed by atoms with Crippen LogP contribution < -0.4 is 5.73 Å². The van der Waals surface area contributed by atoms with Gasteiger partial charge in [0.15, 0.2) is 0 Å². The summed E-state index contributed by atoms with van der Waals surface area (Å²) < 4.78 is 0. The van der Waals surface area contributed by atoms with Crippen LogP contribution in [0.4, 0.5) is 0 Å². The Labute approximate surface area is 91.3 Å². The molecule has 0 heterocycles. The van der Waals surface area contributed by atoms with Gasteiger partial charge in [-0.1, -0.05) is 47.6 Å². The van der Waals surface area contributed by atoms with Crippen molar-refractivity contribution >= 4 is 5.57 Å². The molecular weight excluding hydrogens is 182 g/mol. The Hall–Kier alpha value is -1.34. The van der Waals surface area contributed by atoms with E-state index >= 15 is 0 Å². The second-order valence-electron chi connectivity index (χ2n) is 4.27. The molecule has 0 aromatic heterocycles. The van der Waals surface area contributed by atoms with Gasteiger partial charge in [0.1, 0.15) is 0 Å². The summed E-state index contributed by atoms with van der Waals surface area (Å²) in [4.78, 5) is 0. The molecule has 1 aromatic rings. The molecule has 1 aliphatic rings. The Morgan fingerprint density at radius 1 is 1.13 bits per heavy atom. The predicted molar refractivity (Wildman–Crippen MR) is 65.6 cm³/mol. The van der Waals surface area contributed by atoms with E-state index in [4.69, 9.17) is 5.73 Å². The summed E-state index contributed by atoms with van der Waals surface area (Å²) in [6, 6.07) is 6.75. The number of aryl methyl sites for hydroxylation is 2. The molecule has 1 aliphatic carbocycles. The summed E-state index contributed by atoms with van der Waals surface area (Å²) in [6.45, 7) is 4.25. The van der Waals surface area contributed by atoms with Gasteiger partial charge >= 0.3 is 0 Å². The number of nitrogens with two attached hydrogens (primary N) is 1. The van der Waals surface area contributed by atoms with E-state index < -0.39 is 0 Å². The summed E-state index contributed by atoms with van der Waals surface area (Å²) >= 11 is 0. The second-order valence-corrected chi connectivity index (χ2v) is 4.27. The summed E-state index contributed by atoms with van der Waals surface area (Å²) in [5.74, 6) is 0. The van der Waals surface area contributed by atoms with Crippen LogP contribution in [0.5, 0.6) is 0 Å². The first-order chi connectivity index (χ1) is 7.16. The lowest BCUT2D eigenvalue weighted by Gasteiger charge is -2.18. The van der Waals surface area contributed by atoms with Crippen molar-refractivity contribution < 1.29 is 0 Å². The molecule has 1 unspecified atom stereocenters. The highest BCUT2D eigenvalue weighted by Crippen LogP contribution is 2.24. The Morgan fingerprint density at radius 3 is 2.40 bits per heavy atom. The lowest BCUT2D eigenvalue weighted by atomic mass is 9.91. The molecule has 78 valence electrons. The fourth-order valence-corrected chi connectivity index (χ4v) is 2.10. The van der Waals surface area contributed by atoms with E-state index in [1.54, 1.807) is 0 Å². The average molecular weight is 199 g/mol. The molecule has 0 spiro atoms. The van der Waals surface area contributed by atoms with Crippen LogP contribution in [-0.2, 0) is 0 Å². The maximum Gasteiger partial charge on any atom is 0.0335 e. The molecule has 1 atom stereocenters. The van der Waals surface area contributed by atoms with E-state index in [0.29, 0.717) is 0 Å². The molecule has 15 heavy (non-hydrogen) atoms. The monoisotopic (exact) mass is 199 g/mol. The third kappa shape index (κ3) is 2.18. The fraction of sp³-hybridized carbons (Fsp3) is 0.286. The molecule has 2 rings (SSSR count). The smallest absolute Gasteiger partial charge is 0.0335 e. The number of hydrogen-bond acceptors (Lipinski definition) is 1. The minimum Gasteiger partial charge on any atom is -0.324 e. The van der Waals surface area contributed by atoms with E-state index in [1.165, 1.54) is 22.3 Å². The van der Waals surface area contributed by atoms with Crippen molar-refractivity contribution in [3.63, 3.8) is 0 Å². The van der Waals surface area contributed by atoms with Gasteiger partial charge in [0.05, 0.1) is 0 Å². The molecule has 1 nitrogen and oxygen atoms in total. The second kappa shape index (κ2) is 4.03. The normalized spacial score (nSPS) is 20.2. The lowest BCUT2D eigenvalue weighted by molar-refractivity contribution is 0.844. The minimum atomic E-state index is 0.149. The first kappa shape index (κ1) is 10.2. The third-order valence-electron chi connectivity index (χ3n) is 2.76. The predicted octanol–water partition coefficient (Wildman–Crippen LogP) is 2.97. The topological polar surface area (TPSA) is 26.0 Å². The maximum atomic E-state index is 6.09. The Balaban J connectivity index is 2.44. The van der Waals surface area contributed by atoms with Crippen LogP contribution in [0.2, 0.25) is 0 Å². The number of benzene rings is 1. The Morgan fingerprint density at radius 2 is 1.80 bits per heavy atom. The molecule has 1 aromatic carbocycles. The van der Waals surface area contributed by atoms with E-state index in [-0.39, 0.29) is 6.04 Å². The largest absolute Gasteiger partial charge is 0.324 e. The Bertz CT molecular complexity index is 407. The Kier molecular flexibility index (Phi) is 2.74. The van der Waals surface area contributed by atoms with Gasteiger partial charge in [-0.25, -0.2) is 0 Å². The van der Waals surface area contributed by atoms with Crippen LogP contribution in [0.25, 0.3) is 5.57 Å². The van der Waals surface area contributed by atoms with Crippen molar-refractivity contribution in [1.82, 2.24) is 0 Å². The van der Waals surface area contributed by atoms with Crippen LogP contribution >= 0.6 is 0 Å². The van der Waals surface area contributed by atoms with Crippen molar-refractivity contribution in [2.45, 2.75) is 26.3 Å². The highest BCUT2D eigenvalue weighted by molar-refractivity contribution is 5.73. The maximum absolute atomic E-state index is 6.09. The summed E-state index contributed by atoms with van der Waals surface area (Å²) in [5.41, 5.74) is 11.2. The molecule has 1 heteroatoms. The van der Waals surface area contributed by atoms with Crippen LogP contribution in [0.3, 0.4) is 0 Å². The van der Waals surface area contributed by atoms with E-state index in [1.807, 2.05) is 0 Å². The van der Waals surface area contributed by atoms with Gasteiger partial charge in [-0.2, -0.15) is 0 Å². The molecule has 0 radical (unpaired) electrons. The van der Waals surface area contributed by atoms with Gasteiger partial charge < -0.3 is 5.73 Å². The van der Waals surface area contributed by atoms with E-state index in [2.05, 4.69) is 50.3 Å². The molecule has 0 amide bonds. The SMILES string of the molecule is Cc1cc(C)cc(C2=CC=CCC2N)c1. The summed E-state index contributed by atoms with van der Waals surface area (Å²) in [7, 11) is 0. The zero-order chi connectivity index (χ0) is 10.8. The zero-order valence-electron chi connectivity index (χ0n) is 9.33. The molecule has 0 saturated heterocycles. The van der Waals surface area contributed by atoms with Crippen molar-refractivity contribution in [3.05, 3.63) is 53.1 Å². The van der Waals surface area contributed by atoms with Crippen LogP contribution in [0, 0.1) is 13.8 Å². The highest BCUT2D eigenvalue weighted by Gasteiger charge is 2.12. The first-order valence-corrected chi connectivity index (χ1v) is 5.38. The van der Waals surface area contributed by atoms with Gasteiger partial charge in [-0.3, -0.25) is 0 Å².